The summed E-state index contributed by atoms with van der Waals surface area (Å²) in [7, 11) is 0. The molecule has 4 rings (SSSR count). The van der Waals surface area contributed by atoms with Crippen LogP contribution in [0.25, 0.3) is 0 Å². The van der Waals surface area contributed by atoms with Gasteiger partial charge in [0, 0.05) is 31.9 Å². The lowest BCUT2D eigenvalue weighted by Gasteiger charge is -2.28. The lowest BCUT2D eigenvalue weighted by Crippen LogP contribution is -2.30. The summed E-state index contributed by atoms with van der Waals surface area (Å²) in [5, 5.41) is 2.45. The van der Waals surface area contributed by atoms with E-state index >= 15 is 0 Å². The van der Waals surface area contributed by atoms with Gasteiger partial charge in [-0.3, -0.25) is 14.6 Å². The number of hydrogen-bond acceptors (Lipinski definition) is 4. The van der Waals surface area contributed by atoms with Crippen LogP contribution in [0.1, 0.15) is 23.7 Å². The highest BCUT2D eigenvalue weighted by molar-refractivity contribution is 7.14. The van der Waals surface area contributed by atoms with Gasteiger partial charge in [-0.1, -0.05) is 36.4 Å². The Morgan fingerprint density at radius 2 is 1.93 bits per heavy atom. The number of carbonyl (C=O) groups is 1. The van der Waals surface area contributed by atoms with Crippen molar-refractivity contribution in [2.75, 3.05) is 11.4 Å². The van der Waals surface area contributed by atoms with Gasteiger partial charge in [0.2, 0.25) is 5.91 Å². The Labute approximate surface area is 161 Å². The Morgan fingerprint density at radius 3 is 2.70 bits per heavy atom. The van der Waals surface area contributed by atoms with E-state index in [9.17, 15) is 9.18 Å². The number of fused-ring (bicyclic) bond motifs is 1. The molecule has 0 saturated heterocycles. The number of carbonyl (C=O) groups excluding carboxylic acids is 1. The summed E-state index contributed by atoms with van der Waals surface area (Å²) in [6.07, 6.45) is 1.03. The van der Waals surface area contributed by atoms with Gasteiger partial charge < -0.3 is 0 Å². The van der Waals surface area contributed by atoms with E-state index < -0.39 is 5.82 Å². The second kappa shape index (κ2) is 7.58. The van der Waals surface area contributed by atoms with Gasteiger partial charge >= 0.3 is 0 Å². The third kappa shape index (κ3) is 3.77. The SMILES string of the molecule is CC(=O)N(c1nc(CN2CCc3ccccc3C2)cs1)c1ccccc1F. The van der Waals surface area contributed by atoms with Crippen molar-refractivity contribution in [2.45, 2.75) is 26.4 Å². The number of amides is 1. The minimum absolute atomic E-state index is 0.234. The van der Waals surface area contributed by atoms with E-state index in [1.165, 1.54) is 40.4 Å². The Hall–Kier alpha value is -2.57. The van der Waals surface area contributed by atoms with Crippen molar-refractivity contribution < 1.29 is 9.18 Å². The lowest BCUT2D eigenvalue weighted by atomic mass is 10.00. The summed E-state index contributed by atoms with van der Waals surface area (Å²) >= 11 is 1.36. The Morgan fingerprint density at radius 1 is 1.19 bits per heavy atom. The van der Waals surface area contributed by atoms with Gasteiger partial charge in [0.05, 0.1) is 11.4 Å². The van der Waals surface area contributed by atoms with E-state index in [2.05, 4.69) is 34.1 Å². The monoisotopic (exact) mass is 381 g/mol. The highest BCUT2D eigenvalue weighted by Gasteiger charge is 2.22. The van der Waals surface area contributed by atoms with Crippen LogP contribution in [0.2, 0.25) is 0 Å². The molecule has 1 aliphatic rings. The number of para-hydroxylation sites is 1. The highest BCUT2D eigenvalue weighted by Crippen LogP contribution is 2.31. The van der Waals surface area contributed by atoms with Crippen LogP contribution in [-0.2, 0) is 24.3 Å². The van der Waals surface area contributed by atoms with Crippen LogP contribution in [0.5, 0.6) is 0 Å². The van der Waals surface area contributed by atoms with Crippen LogP contribution in [0, 0.1) is 5.82 Å². The lowest BCUT2D eigenvalue weighted by molar-refractivity contribution is -0.115. The Bertz CT molecular complexity index is 971. The molecular formula is C21H20FN3OS. The van der Waals surface area contributed by atoms with Crippen molar-refractivity contribution in [3.63, 3.8) is 0 Å². The number of aromatic nitrogens is 1. The van der Waals surface area contributed by atoms with E-state index in [1.54, 1.807) is 18.2 Å². The van der Waals surface area contributed by atoms with Gasteiger partial charge in [-0.15, -0.1) is 11.3 Å². The van der Waals surface area contributed by atoms with Crippen molar-refractivity contribution in [3.05, 3.63) is 76.5 Å². The van der Waals surface area contributed by atoms with Gasteiger partial charge in [-0.2, -0.15) is 0 Å². The Balaban J connectivity index is 1.53. The van der Waals surface area contributed by atoms with Crippen LogP contribution < -0.4 is 4.90 Å². The van der Waals surface area contributed by atoms with Crippen molar-refractivity contribution in [1.82, 2.24) is 9.88 Å². The standard InChI is InChI=1S/C21H20FN3OS/c1-15(26)25(20-9-5-4-8-19(20)22)21-23-18(14-27-21)13-24-11-10-16-6-2-3-7-17(16)12-24/h2-9,14H,10-13H2,1H3. The van der Waals surface area contributed by atoms with Crippen LogP contribution in [0.4, 0.5) is 15.2 Å². The molecule has 3 aromatic rings. The molecule has 2 aromatic carbocycles. The van der Waals surface area contributed by atoms with Crippen LogP contribution in [-0.4, -0.2) is 22.3 Å². The van der Waals surface area contributed by atoms with Crippen molar-refractivity contribution in [1.29, 1.82) is 0 Å². The summed E-state index contributed by atoms with van der Waals surface area (Å²) < 4.78 is 14.2. The summed E-state index contributed by atoms with van der Waals surface area (Å²) in [5.41, 5.74) is 3.90. The van der Waals surface area contributed by atoms with E-state index in [4.69, 9.17) is 0 Å². The predicted molar refractivity (Wildman–Crippen MR) is 106 cm³/mol. The van der Waals surface area contributed by atoms with E-state index in [-0.39, 0.29) is 11.6 Å². The number of rotatable bonds is 4. The fraction of sp³-hybridized carbons (Fsp3) is 0.238. The van der Waals surface area contributed by atoms with E-state index in [1.807, 2.05) is 5.38 Å². The number of benzene rings is 2. The second-order valence-electron chi connectivity index (χ2n) is 6.66. The molecule has 1 aliphatic heterocycles. The van der Waals surface area contributed by atoms with Crippen LogP contribution >= 0.6 is 11.3 Å². The number of anilines is 2. The third-order valence-corrected chi connectivity index (χ3v) is 5.61. The first kappa shape index (κ1) is 17.8. The first-order valence-electron chi connectivity index (χ1n) is 8.90. The molecule has 0 spiro atoms. The van der Waals surface area contributed by atoms with Crippen LogP contribution in [0.3, 0.4) is 0 Å². The molecule has 4 nitrogen and oxygen atoms in total. The van der Waals surface area contributed by atoms with Crippen molar-refractivity contribution in [3.8, 4) is 0 Å². The molecule has 0 fully saturated rings. The molecule has 0 bridgehead atoms. The maximum absolute atomic E-state index is 14.2. The zero-order chi connectivity index (χ0) is 18.8. The van der Waals surface area contributed by atoms with Gasteiger partial charge in [-0.05, 0) is 29.7 Å². The average molecular weight is 381 g/mol. The largest absolute Gasteiger partial charge is 0.293 e. The summed E-state index contributed by atoms with van der Waals surface area (Å²) in [6.45, 7) is 4.02. The molecule has 0 N–H and O–H groups in total. The number of hydrogen-bond donors (Lipinski definition) is 0. The predicted octanol–water partition coefficient (Wildman–Crippen LogP) is 4.53. The van der Waals surface area contributed by atoms with Crippen molar-refractivity contribution >= 4 is 28.1 Å². The topological polar surface area (TPSA) is 36.4 Å². The van der Waals surface area contributed by atoms with Gasteiger partial charge in [0.25, 0.3) is 0 Å². The molecule has 0 unspecified atom stereocenters. The summed E-state index contributed by atoms with van der Waals surface area (Å²) in [4.78, 5) is 20.5. The highest BCUT2D eigenvalue weighted by atomic mass is 32.1. The first-order valence-corrected chi connectivity index (χ1v) is 9.78. The first-order chi connectivity index (χ1) is 13.1. The number of thiazole rings is 1. The number of halogens is 1. The quantitative estimate of drug-likeness (QED) is 0.666. The molecule has 27 heavy (non-hydrogen) atoms. The van der Waals surface area contributed by atoms with E-state index in [0.29, 0.717) is 11.7 Å². The molecule has 0 atom stereocenters. The Kier molecular flexibility index (Phi) is 5.01. The molecule has 0 saturated carbocycles. The maximum atomic E-state index is 14.2. The molecular weight excluding hydrogens is 361 g/mol. The summed E-state index contributed by atoms with van der Waals surface area (Å²) in [5.74, 6) is -0.690. The molecule has 1 aromatic heterocycles. The molecule has 2 heterocycles. The molecule has 1 amide bonds. The van der Waals surface area contributed by atoms with Gasteiger partial charge in [0.1, 0.15) is 5.82 Å². The van der Waals surface area contributed by atoms with Gasteiger partial charge in [0.15, 0.2) is 5.13 Å². The molecule has 138 valence electrons. The summed E-state index contributed by atoms with van der Waals surface area (Å²) in [6, 6.07) is 14.8. The second-order valence-corrected chi connectivity index (χ2v) is 7.49. The van der Waals surface area contributed by atoms with Crippen molar-refractivity contribution in [2.24, 2.45) is 0 Å². The fourth-order valence-corrected chi connectivity index (χ4v) is 4.30. The zero-order valence-corrected chi connectivity index (χ0v) is 15.9. The van der Waals surface area contributed by atoms with E-state index in [0.717, 1.165) is 25.2 Å². The maximum Gasteiger partial charge on any atom is 0.230 e. The molecule has 6 heteroatoms. The zero-order valence-electron chi connectivity index (χ0n) is 15.1. The minimum atomic E-state index is -0.433. The minimum Gasteiger partial charge on any atom is -0.293 e. The normalized spacial score (nSPS) is 14.0. The average Bonchev–Trinajstić information content (AvgIpc) is 3.11. The fourth-order valence-electron chi connectivity index (χ4n) is 3.43. The number of nitrogens with zero attached hydrogens (tertiary/aromatic N) is 3. The van der Waals surface area contributed by atoms with Crippen LogP contribution in [0.15, 0.2) is 53.9 Å². The third-order valence-electron chi connectivity index (χ3n) is 4.73. The molecule has 0 radical (unpaired) electrons. The molecule has 0 aliphatic carbocycles. The van der Waals surface area contributed by atoms with Gasteiger partial charge in [-0.25, -0.2) is 9.37 Å². The smallest absolute Gasteiger partial charge is 0.230 e.